The maximum absolute atomic E-state index is 11.9. The normalized spacial score (nSPS) is 11.6. The van der Waals surface area contributed by atoms with Gasteiger partial charge in [0, 0.05) is 21.2 Å². The third-order valence-electron chi connectivity index (χ3n) is 2.82. The summed E-state index contributed by atoms with van der Waals surface area (Å²) in [6.45, 7) is 2.96. The van der Waals surface area contributed by atoms with Gasteiger partial charge in [-0.3, -0.25) is 4.79 Å². The first kappa shape index (κ1) is 19.1. The highest BCUT2D eigenvalue weighted by molar-refractivity contribution is 9.10. The highest BCUT2D eigenvalue weighted by Gasteiger charge is 2.11. The van der Waals surface area contributed by atoms with Crippen LogP contribution in [0.3, 0.4) is 0 Å². The zero-order chi connectivity index (χ0) is 15.2. The van der Waals surface area contributed by atoms with Gasteiger partial charge in [-0.25, -0.2) is 0 Å². The molecule has 0 bridgehead atoms. The van der Waals surface area contributed by atoms with Crippen molar-refractivity contribution in [3.8, 4) is 0 Å². The lowest BCUT2D eigenvalue weighted by Gasteiger charge is -2.12. The number of carbonyl (C=O) groups is 1. The first-order valence-corrected chi connectivity index (χ1v) is 8.23. The summed E-state index contributed by atoms with van der Waals surface area (Å²) in [6.07, 6.45) is 1.43. The van der Waals surface area contributed by atoms with Gasteiger partial charge in [0.05, 0.1) is 12.1 Å². The molecule has 7 heteroatoms. The Morgan fingerprint density at radius 1 is 1.41 bits per heavy atom. The van der Waals surface area contributed by atoms with Crippen molar-refractivity contribution in [1.82, 2.24) is 5.32 Å². The Hall–Kier alpha value is -0.950. The molecule has 2 rings (SSSR count). The minimum atomic E-state index is -0.137. The predicted molar refractivity (Wildman–Crippen MR) is 95.6 cm³/mol. The van der Waals surface area contributed by atoms with Crippen molar-refractivity contribution in [3.63, 3.8) is 0 Å². The smallest absolute Gasteiger partial charge is 0.254 e. The monoisotopic (exact) mass is 404 g/mol. The second-order valence-electron chi connectivity index (χ2n) is 4.60. The Labute approximate surface area is 148 Å². The second-order valence-corrected chi connectivity index (χ2v) is 7.03. The van der Waals surface area contributed by atoms with Crippen molar-refractivity contribution in [2.75, 3.05) is 6.54 Å². The number of hydrogen-bond acceptors (Lipinski definition) is 4. The molecule has 1 aromatic heterocycles. The number of carbonyl (C=O) groups excluding carboxylic acids is 1. The molecule has 1 atom stereocenters. The van der Waals surface area contributed by atoms with Gasteiger partial charge in [-0.1, -0.05) is 22.9 Å². The molecule has 4 nitrogen and oxygen atoms in total. The zero-order valence-electron chi connectivity index (χ0n) is 12.0. The molecule has 0 fully saturated rings. The van der Waals surface area contributed by atoms with Crippen molar-refractivity contribution in [2.24, 2.45) is 5.73 Å². The van der Waals surface area contributed by atoms with E-state index in [1.54, 1.807) is 17.8 Å². The molecular weight excluding hydrogens is 388 g/mol. The molecule has 1 heterocycles. The quantitative estimate of drug-likeness (QED) is 0.717. The summed E-state index contributed by atoms with van der Waals surface area (Å²) in [5, 5.41) is 3.17. The van der Waals surface area contributed by atoms with E-state index in [9.17, 15) is 4.79 Å². The van der Waals surface area contributed by atoms with Crippen LogP contribution in [0.25, 0.3) is 0 Å². The van der Waals surface area contributed by atoms with Crippen LogP contribution in [0.4, 0.5) is 0 Å². The Morgan fingerprint density at radius 2 is 2.09 bits per heavy atom. The van der Waals surface area contributed by atoms with Gasteiger partial charge in [-0.2, -0.15) is 0 Å². The number of hydrogen-bond donors (Lipinski definition) is 2. The van der Waals surface area contributed by atoms with Crippen LogP contribution in [0, 0.1) is 0 Å². The maximum atomic E-state index is 11.9. The van der Waals surface area contributed by atoms with Gasteiger partial charge in [0.15, 0.2) is 0 Å². The summed E-state index contributed by atoms with van der Waals surface area (Å²) in [5.41, 5.74) is 5.96. The average Bonchev–Trinajstić information content (AvgIpc) is 2.96. The van der Waals surface area contributed by atoms with Gasteiger partial charge in [-0.15, -0.1) is 24.2 Å². The third-order valence-corrected chi connectivity index (χ3v) is 4.46. The topological polar surface area (TPSA) is 68.3 Å². The fraction of sp³-hybridized carbons (Fsp3) is 0.267. The summed E-state index contributed by atoms with van der Waals surface area (Å²) in [6, 6.07) is 9.79. The molecule has 1 unspecified atom stereocenters. The lowest BCUT2D eigenvalue weighted by Crippen LogP contribution is -2.29. The highest BCUT2D eigenvalue weighted by Crippen LogP contribution is 2.24. The number of rotatable bonds is 6. The molecule has 0 saturated heterocycles. The first-order chi connectivity index (χ1) is 10.1. The average molecular weight is 406 g/mol. The number of benzene rings is 1. The van der Waals surface area contributed by atoms with Crippen LogP contribution < -0.4 is 11.1 Å². The lowest BCUT2D eigenvalue weighted by molar-refractivity contribution is 0.0953. The minimum absolute atomic E-state index is 0. The van der Waals surface area contributed by atoms with Crippen LogP contribution in [0.15, 0.2) is 50.4 Å². The molecule has 0 aliphatic carbocycles. The summed E-state index contributed by atoms with van der Waals surface area (Å²) in [7, 11) is 0. The number of halogens is 2. The highest BCUT2D eigenvalue weighted by atomic mass is 79.9. The molecule has 22 heavy (non-hydrogen) atoms. The molecular formula is C15H18BrClN2O2S. The number of thioether (sulfide) groups is 1. The van der Waals surface area contributed by atoms with E-state index in [1.165, 1.54) is 11.2 Å². The molecule has 1 amide bonds. The van der Waals surface area contributed by atoms with Gasteiger partial charge in [0.2, 0.25) is 0 Å². The molecule has 1 aromatic carbocycles. The molecule has 2 aromatic rings. The summed E-state index contributed by atoms with van der Waals surface area (Å²) >= 11 is 5.13. The number of amides is 1. The van der Waals surface area contributed by atoms with Crippen molar-refractivity contribution in [3.05, 3.63) is 52.4 Å². The fourth-order valence-corrected chi connectivity index (χ4v) is 2.92. The number of furan rings is 1. The molecule has 0 spiro atoms. The van der Waals surface area contributed by atoms with Crippen molar-refractivity contribution in [1.29, 1.82) is 0 Å². The van der Waals surface area contributed by atoms with E-state index < -0.39 is 0 Å². The van der Waals surface area contributed by atoms with Gasteiger partial charge < -0.3 is 15.5 Å². The van der Waals surface area contributed by atoms with Crippen LogP contribution >= 0.6 is 40.1 Å². The van der Waals surface area contributed by atoms with Gasteiger partial charge in [0.1, 0.15) is 12.0 Å². The van der Waals surface area contributed by atoms with Crippen LogP contribution in [-0.2, 0) is 6.54 Å². The summed E-state index contributed by atoms with van der Waals surface area (Å²) < 4.78 is 6.21. The van der Waals surface area contributed by atoms with Gasteiger partial charge >= 0.3 is 0 Å². The first-order valence-electron chi connectivity index (χ1n) is 6.56. The summed E-state index contributed by atoms with van der Waals surface area (Å²) in [5.74, 6) is 0.471. The molecule has 0 aliphatic rings. The Morgan fingerprint density at radius 3 is 2.68 bits per heavy atom. The van der Waals surface area contributed by atoms with E-state index in [1.807, 2.05) is 12.1 Å². The standard InChI is InChI=1S/C15H17BrN2O2S.ClH/c1-10(21-14-4-2-12(16)3-5-14)8-18-15(19)11-6-13(7-17)20-9-11;/h2-6,9-10H,7-8,17H2,1H3,(H,18,19);1H. The van der Waals surface area contributed by atoms with E-state index in [4.69, 9.17) is 10.2 Å². The van der Waals surface area contributed by atoms with E-state index >= 15 is 0 Å². The number of nitrogens with one attached hydrogen (secondary N) is 1. The van der Waals surface area contributed by atoms with E-state index in [2.05, 4.69) is 40.3 Å². The zero-order valence-corrected chi connectivity index (χ0v) is 15.3. The van der Waals surface area contributed by atoms with Crippen LogP contribution in [0.5, 0.6) is 0 Å². The molecule has 120 valence electrons. The van der Waals surface area contributed by atoms with Crippen LogP contribution in [0.2, 0.25) is 0 Å². The number of nitrogens with two attached hydrogens (primary N) is 1. The summed E-state index contributed by atoms with van der Waals surface area (Å²) in [4.78, 5) is 13.1. The SMILES string of the molecule is CC(CNC(=O)c1coc(CN)c1)Sc1ccc(Br)cc1.Cl. The van der Waals surface area contributed by atoms with Gasteiger partial charge in [-0.05, 0) is 30.3 Å². The molecule has 0 aliphatic heterocycles. The Kier molecular flexibility index (Phi) is 8.03. The van der Waals surface area contributed by atoms with Crippen molar-refractivity contribution in [2.45, 2.75) is 23.6 Å². The predicted octanol–water partition coefficient (Wildman–Crippen LogP) is 3.83. The van der Waals surface area contributed by atoms with Crippen molar-refractivity contribution < 1.29 is 9.21 Å². The Bertz CT molecular complexity index is 604. The van der Waals surface area contributed by atoms with E-state index in [0.717, 1.165) is 4.47 Å². The molecule has 0 saturated carbocycles. The lowest BCUT2D eigenvalue weighted by atomic mass is 10.3. The fourth-order valence-electron chi connectivity index (χ4n) is 1.73. The molecule has 3 N–H and O–H groups in total. The largest absolute Gasteiger partial charge is 0.467 e. The van der Waals surface area contributed by atoms with Gasteiger partial charge in [0.25, 0.3) is 5.91 Å². The minimum Gasteiger partial charge on any atom is -0.467 e. The second kappa shape index (κ2) is 9.25. The molecule has 0 radical (unpaired) electrons. The van der Waals surface area contributed by atoms with E-state index in [0.29, 0.717) is 24.4 Å². The van der Waals surface area contributed by atoms with Crippen LogP contribution in [0.1, 0.15) is 23.0 Å². The van der Waals surface area contributed by atoms with Crippen LogP contribution in [-0.4, -0.2) is 17.7 Å². The Balaban J connectivity index is 0.00000242. The van der Waals surface area contributed by atoms with E-state index in [-0.39, 0.29) is 23.6 Å². The van der Waals surface area contributed by atoms with Crippen molar-refractivity contribution >= 4 is 46.0 Å². The third kappa shape index (κ3) is 5.68. The maximum Gasteiger partial charge on any atom is 0.254 e.